The third-order valence-electron chi connectivity index (χ3n) is 2.51. The molecule has 1 aromatic carbocycles. The van der Waals surface area contributed by atoms with Crippen LogP contribution in [0.25, 0.3) is 0 Å². The first kappa shape index (κ1) is 8.10. The number of hydrogen-bond acceptors (Lipinski definition) is 2. The number of nitrogens with two attached hydrogens (primary N) is 1. The molecular weight excluding hydrogens is 164 g/mol. The van der Waals surface area contributed by atoms with Crippen LogP contribution in [0.15, 0.2) is 18.2 Å². The van der Waals surface area contributed by atoms with E-state index in [2.05, 4.69) is 0 Å². The highest BCUT2D eigenvalue weighted by Crippen LogP contribution is 2.30. The Kier molecular flexibility index (Phi) is 1.72. The van der Waals surface area contributed by atoms with Crippen molar-refractivity contribution in [1.82, 2.24) is 0 Å². The van der Waals surface area contributed by atoms with Gasteiger partial charge in [0.2, 0.25) is 5.91 Å². The molecule has 0 radical (unpaired) electrons. The van der Waals surface area contributed by atoms with Gasteiger partial charge in [-0.3, -0.25) is 4.79 Å². The van der Waals surface area contributed by atoms with Crippen LogP contribution in [0.4, 0.5) is 11.4 Å². The number of fused-ring (bicyclic) bond motifs is 1. The van der Waals surface area contributed by atoms with Crippen LogP contribution in [-0.4, -0.2) is 13.0 Å². The number of nitrogens with zero attached hydrogens (tertiary/aromatic N) is 1. The highest BCUT2D eigenvalue weighted by Gasteiger charge is 2.21. The molecule has 0 spiro atoms. The van der Waals surface area contributed by atoms with Crippen LogP contribution in [0.5, 0.6) is 0 Å². The maximum Gasteiger partial charge on any atom is 0.227 e. The van der Waals surface area contributed by atoms with Gasteiger partial charge in [0.25, 0.3) is 0 Å². The van der Waals surface area contributed by atoms with Crippen molar-refractivity contribution in [3.8, 4) is 0 Å². The molecule has 1 aliphatic rings. The van der Waals surface area contributed by atoms with Crippen molar-refractivity contribution in [2.45, 2.75) is 12.8 Å². The van der Waals surface area contributed by atoms with Crippen LogP contribution in [0.1, 0.15) is 12.0 Å². The van der Waals surface area contributed by atoms with Crippen molar-refractivity contribution in [1.29, 1.82) is 0 Å². The second-order valence-electron chi connectivity index (χ2n) is 3.30. The standard InChI is InChI=1S/C10H12N2O/c1-12-9-4-2-3-8(11)7(9)5-6-10(12)13/h2-4H,5-6,11H2,1H3. The average molecular weight is 176 g/mol. The van der Waals surface area contributed by atoms with Gasteiger partial charge in [0.1, 0.15) is 0 Å². The van der Waals surface area contributed by atoms with Crippen LogP contribution in [0, 0.1) is 0 Å². The first-order chi connectivity index (χ1) is 6.20. The summed E-state index contributed by atoms with van der Waals surface area (Å²) < 4.78 is 0. The summed E-state index contributed by atoms with van der Waals surface area (Å²) in [6.45, 7) is 0. The zero-order chi connectivity index (χ0) is 9.42. The molecule has 0 atom stereocenters. The molecule has 0 saturated heterocycles. The highest BCUT2D eigenvalue weighted by molar-refractivity contribution is 5.96. The largest absolute Gasteiger partial charge is 0.398 e. The quantitative estimate of drug-likeness (QED) is 0.603. The van der Waals surface area contributed by atoms with Crippen molar-refractivity contribution in [3.05, 3.63) is 23.8 Å². The third kappa shape index (κ3) is 1.16. The molecule has 2 rings (SSSR count). The predicted octanol–water partition coefficient (Wildman–Crippen LogP) is 1.18. The SMILES string of the molecule is CN1C(=O)CCc2c(N)cccc21. The Balaban J connectivity index is 2.55. The fourth-order valence-electron chi connectivity index (χ4n) is 1.71. The van der Waals surface area contributed by atoms with Gasteiger partial charge in [-0.1, -0.05) is 6.07 Å². The summed E-state index contributed by atoms with van der Waals surface area (Å²) >= 11 is 0. The maximum absolute atomic E-state index is 11.4. The summed E-state index contributed by atoms with van der Waals surface area (Å²) in [6, 6.07) is 5.69. The molecule has 1 aromatic rings. The van der Waals surface area contributed by atoms with E-state index < -0.39 is 0 Å². The molecule has 0 unspecified atom stereocenters. The van der Waals surface area contributed by atoms with E-state index in [0.29, 0.717) is 6.42 Å². The lowest BCUT2D eigenvalue weighted by molar-refractivity contribution is -0.118. The number of nitrogen functional groups attached to an aromatic ring is 1. The molecule has 1 heterocycles. The van der Waals surface area contributed by atoms with Crippen LogP contribution >= 0.6 is 0 Å². The first-order valence-electron chi connectivity index (χ1n) is 4.34. The summed E-state index contributed by atoms with van der Waals surface area (Å²) in [5.41, 5.74) is 8.66. The number of carbonyl (C=O) groups is 1. The fourth-order valence-corrected chi connectivity index (χ4v) is 1.71. The molecule has 0 fully saturated rings. The van der Waals surface area contributed by atoms with Crippen molar-refractivity contribution >= 4 is 17.3 Å². The molecule has 0 saturated carbocycles. The molecule has 0 aromatic heterocycles. The van der Waals surface area contributed by atoms with Gasteiger partial charge in [0.05, 0.1) is 0 Å². The lowest BCUT2D eigenvalue weighted by atomic mass is 10.00. The topological polar surface area (TPSA) is 46.3 Å². The van der Waals surface area contributed by atoms with E-state index >= 15 is 0 Å². The van der Waals surface area contributed by atoms with E-state index in [1.807, 2.05) is 18.2 Å². The number of anilines is 2. The smallest absolute Gasteiger partial charge is 0.227 e. The number of benzene rings is 1. The molecule has 0 aliphatic carbocycles. The van der Waals surface area contributed by atoms with Gasteiger partial charge in [-0.15, -0.1) is 0 Å². The number of carbonyl (C=O) groups excluding carboxylic acids is 1. The lowest BCUT2D eigenvalue weighted by Gasteiger charge is -2.26. The molecule has 13 heavy (non-hydrogen) atoms. The average Bonchev–Trinajstić information content (AvgIpc) is 2.12. The minimum Gasteiger partial charge on any atom is -0.398 e. The molecule has 2 N–H and O–H groups in total. The van der Waals surface area contributed by atoms with Gasteiger partial charge in [0, 0.05) is 24.8 Å². The van der Waals surface area contributed by atoms with Crippen LogP contribution in [0.3, 0.4) is 0 Å². The second kappa shape index (κ2) is 2.76. The van der Waals surface area contributed by atoms with Gasteiger partial charge in [0.15, 0.2) is 0 Å². The zero-order valence-corrected chi connectivity index (χ0v) is 7.58. The van der Waals surface area contributed by atoms with Crippen LogP contribution < -0.4 is 10.6 Å². The zero-order valence-electron chi connectivity index (χ0n) is 7.58. The molecule has 68 valence electrons. The minimum absolute atomic E-state index is 0.165. The van der Waals surface area contributed by atoms with Crippen LogP contribution in [-0.2, 0) is 11.2 Å². The molecule has 3 heteroatoms. The summed E-state index contributed by atoms with van der Waals surface area (Å²) in [5, 5.41) is 0. The molecule has 1 amide bonds. The van der Waals surface area contributed by atoms with E-state index in [-0.39, 0.29) is 5.91 Å². The summed E-state index contributed by atoms with van der Waals surface area (Å²) in [6.07, 6.45) is 1.34. The Morgan fingerprint density at radius 1 is 1.38 bits per heavy atom. The minimum atomic E-state index is 0.165. The number of amides is 1. The third-order valence-corrected chi connectivity index (χ3v) is 2.51. The molecular formula is C10H12N2O. The maximum atomic E-state index is 11.4. The normalized spacial score (nSPS) is 15.8. The van der Waals surface area contributed by atoms with Gasteiger partial charge >= 0.3 is 0 Å². The van der Waals surface area contributed by atoms with Gasteiger partial charge < -0.3 is 10.6 Å². The second-order valence-corrected chi connectivity index (χ2v) is 3.30. The van der Waals surface area contributed by atoms with E-state index in [9.17, 15) is 4.79 Å². The Hall–Kier alpha value is -1.51. The van der Waals surface area contributed by atoms with E-state index in [1.165, 1.54) is 0 Å². The fraction of sp³-hybridized carbons (Fsp3) is 0.300. The Morgan fingerprint density at radius 3 is 2.92 bits per heavy atom. The van der Waals surface area contributed by atoms with Crippen molar-refractivity contribution in [2.24, 2.45) is 0 Å². The Bertz CT molecular complexity index is 360. The number of hydrogen-bond donors (Lipinski definition) is 1. The summed E-state index contributed by atoms with van der Waals surface area (Å²) in [4.78, 5) is 13.0. The van der Waals surface area contributed by atoms with E-state index in [1.54, 1.807) is 11.9 Å². The summed E-state index contributed by atoms with van der Waals surface area (Å²) in [5.74, 6) is 0.165. The van der Waals surface area contributed by atoms with Crippen molar-refractivity contribution in [3.63, 3.8) is 0 Å². The lowest BCUT2D eigenvalue weighted by Crippen LogP contribution is -2.31. The van der Waals surface area contributed by atoms with Gasteiger partial charge in [-0.2, -0.15) is 0 Å². The molecule has 3 nitrogen and oxygen atoms in total. The van der Waals surface area contributed by atoms with Crippen LogP contribution in [0.2, 0.25) is 0 Å². The molecule has 1 aliphatic heterocycles. The highest BCUT2D eigenvalue weighted by atomic mass is 16.2. The Labute approximate surface area is 77.1 Å². The van der Waals surface area contributed by atoms with E-state index in [4.69, 9.17) is 5.73 Å². The molecule has 0 bridgehead atoms. The van der Waals surface area contributed by atoms with E-state index in [0.717, 1.165) is 23.4 Å². The summed E-state index contributed by atoms with van der Waals surface area (Å²) in [7, 11) is 1.79. The Morgan fingerprint density at radius 2 is 2.15 bits per heavy atom. The van der Waals surface area contributed by atoms with Gasteiger partial charge in [-0.25, -0.2) is 0 Å². The van der Waals surface area contributed by atoms with Crippen molar-refractivity contribution < 1.29 is 4.79 Å². The monoisotopic (exact) mass is 176 g/mol. The predicted molar refractivity (Wildman–Crippen MR) is 52.6 cm³/mol. The first-order valence-corrected chi connectivity index (χ1v) is 4.34. The van der Waals surface area contributed by atoms with Gasteiger partial charge in [-0.05, 0) is 24.1 Å². The number of rotatable bonds is 0. The van der Waals surface area contributed by atoms with Crippen molar-refractivity contribution in [2.75, 3.05) is 17.7 Å².